The predicted molar refractivity (Wildman–Crippen MR) is 121 cm³/mol. The minimum Gasteiger partial charge on any atom is -0.347 e. The van der Waals surface area contributed by atoms with Crippen LogP contribution in [0.15, 0.2) is 84.8 Å². The summed E-state index contributed by atoms with van der Waals surface area (Å²) >= 11 is 1.41. The number of carbonyl (C=O) groups excluding carboxylic acids is 2. The lowest BCUT2D eigenvalue weighted by Crippen LogP contribution is -2.26. The van der Waals surface area contributed by atoms with Gasteiger partial charge in [-0.1, -0.05) is 30.3 Å². The van der Waals surface area contributed by atoms with Gasteiger partial charge in [-0.25, -0.2) is 4.98 Å². The van der Waals surface area contributed by atoms with Crippen molar-refractivity contribution in [2.24, 2.45) is 0 Å². The molecule has 2 amide bonds. The Bertz CT molecular complexity index is 1140. The van der Waals surface area contributed by atoms with Crippen LogP contribution in [0, 0.1) is 0 Å². The summed E-state index contributed by atoms with van der Waals surface area (Å²) in [4.78, 5) is 29.4. The first-order valence-corrected chi connectivity index (χ1v) is 10.8. The summed E-state index contributed by atoms with van der Waals surface area (Å²) in [5, 5.41) is 7.78. The average molecular weight is 431 g/mol. The molecule has 7 heteroatoms. The largest absolute Gasteiger partial charge is 0.347 e. The van der Waals surface area contributed by atoms with E-state index >= 15 is 0 Å². The molecule has 0 radical (unpaired) electrons. The Morgan fingerprint density at radius 1 is 1.03 bits per heavy atom. The van der Waals surface area contributed by atoms with E-state index in [1.54, 1.807) is 30.7 Å². The third-order valence-corrected chi connectivity index (χ3v) is 5.83. The van der Waals surface area contributed by atoms with E-state index in [4.69, 9.17) is 0 Å². The Morgan fingerprint density at radius 2 is 1.81 bits per heavy atom. The number of nitrogens with zero attached hydrogens (tertiary/aromatic N) is 2. The van der Waals surface area contributed by atoms with Crippen LogP contribution in [0.1, 0.15) is 44.1 Å². The first-order chi connectivity index (χ1) is 15.1. The number of thiophene rings is 1. The number of benzene rings is 2. The zero-order valence-corrected chi connectivity index (χ0v) is 17.8. The molecule has 0 saturated heterocycles. The molecule has 2 aromatic carbocycles. The highest BCUT2D eigenvalue weighted by Gasteiger charge is 2.12. The van der Waals surface area contributed by atoms with Crippen LogP contribution in [0.3, 0.4) is 0 Å². The van der Waals surface area contributed by atoms with Gasteiger partial charge in [0.1, 0.15) is 0 Å². The minimum atomic E-state index is -0.139. The zero-order valence-electron chi connectivity index (χ0n) is 17.0. The molecule has 2 heterocycles. The van der Waals surface area contributed by atoms with E-state index in [9.17, 15) is 9.59 Å². The SMILES string of the molecule is CC(NC(=O)c1ccc(CNC(=O)c2cccs2)cc1)c1ccc(-n2ccnc2)cc1. The second kappa shape index (κ2) is 9.40. The van der Waals surface area contributed by atoms with Crippen LogP contribution in [-0.2, 0) is 6.54 Å². The second-order valence-electron chi connectivity index (χ2n) is 7.11. The first-order valence-electron chi connectivity index (χ1n) is 9.90. The van der Waals surface area contributed by atoms with Gasteiger partial charge in [-0.2, -0.15) is 0 Å². The smallest absolute Gasteiger partial charge is 0.261 e. The van der Waals surface area contributed by atoms with Crippen molar-refractivity contribution in [3.8, 4) is 5.69 Å². The third kappa shape index (κ3) is 5.07. The number of hydrogen-bond acceptors (Lipinski definition) is 4. The van der Waals surface area contributed by atoms with E-state index in [0.717, 1.165) is 16.8 Å². The summed E-state index contributed by atoms with van der Waals surface area (Å²) in [5.41, 5.74) is 3.55. The maximum absolute atomic E-state index is 12.6. The number of imidazole rings is 1. The molecule has 0 aliphatic carbocycles. The molecular weight excluding hydrogens is 408 g/mol. The number of aromatic nitrogens is 2. The quantitative estimate of drug-likeness (QED) is 0.458. The number of hydrogen-bond donors (Lipinski definition) is 2. The molecule has 1 atom stereocenters. The van der Waals surface area contributed by atoms with Crippen molar-refractivity contribution in [1.29, 1.82) is 0 Å². The monoisotopic (exact) mass is 430 g/mol. The third-order valence-electron chi connectivity index (χ3n) is 4.96. The molecule has 0 bridgehead atoms. The van der Waals surface area contributed by atoms with E-state index in [-0.39, 0.29) is 17.9 Å². The van der Waals surface area contributed by atoms with Gasteiger partial charge < -0.3 is 15.2 Å². The number of rotatable bonds is 7. The van der Waals surface area contributed by atoms with Gasteiger partial charge in [0, 0.05) is 30.2 Å². The fourth-order valence-corrected chi connectivity index (χ4v) is 3.80. The lowest BCUT2D eigenvalue weighted by molar-refractivity contribution is 0.0935. The van der Waals surface area contributed by atoms with Crippen LogP contribution < -0.4 is 10.6 Å². The van der Waals surface area contributed by atoms with Crippen LogP contribution in [0.2, 0.25) is 0 Å². The summed E-state index contributed by atoms with van der Waals surface area (Å²) in [6.07, 6.45) is 5.37. The first kappa shape index (κ1) is 20.6. The molecular formula is C24H22N4O2S. The van der Waals surface area contributed by atoms with Gasteiger partial charge in [-0.15, -0.1) is 11.3 Å². The molecule has 0 fully saturated rings. The van der Waals surface area contributed by atoms with Crippen LogP contribution >= 0.6 is 11.3 Å². The van der Waals surface area contributed by atoms with Crippen molar-refractivity contribution in [3.05, 3.63) is 106 Å². The highest BCUT2D eigenvalue weighted by atomic mass is 32.1. The van der Waals surface area contributed by atoms with Crippen LogP contribution in [-0.4, -0.2) is 21.4 Å². The van der Waals surface area contributed by atoms with E-state index in [1.807, 2.05) is 65.5 Å². The lowest BCUT2D eigenvalue weighted by atomic mass is 10.1. The normalized spacial score (nSPS) is 11.6. The molecule has 1 unspecified atom stereocenters. The Balaban J connectivity index is 1.32. The molecule has 0 saturated carbocycles. The Morgan fingerprint density at radius 3 is 2.45 bits per heavy atom. The molecule has 6 nitrogen and oxygen atoms in total. The van der Waals surface area contributed by atoms with Gasteiger partial charge in [0.2, 0.25) is 0 Å². The van der Waals surface area contributed by atoms with Crippen molar-refractivity contribution >= 4 is 23.2 Å². The fraction of sp³-hybridized carbons (Fsp3) is 0.125. The number of amides is 2. The topological polar surface area (TPSA) is 76.0 Å². The fourth-order valence-electron chi connectivity index (χ4n) is 3.16. The molecule has 0 spiro atoms. The van der Waals surface area contributed by atoms with Crippen molar-refractivity contribution in [1.82, 2.24) is 20.2 Å². The van der Waals surface area contributed by atoms with Crippen LogP contribution in [0.25, 0.3) is 5.69 Å². The van der Waals surface area contributed by atoms with Crippen molar-refractivity contribution in [2.45, 2.75) is 19.5 Å². The number of nitrogens with one attached hydrogen (secondary N) is 2. The van der Waals surface area contributed by atoms with E-state index in [1.165, 1.54) is 11.3 Å². The maximum atomic E-state index is 12.6. The number of carbonyl (C=O) groups is 2. The predicted octanol–water partition coefficient (Wildman–Crippen LogP) is 4.35. The van der Waals surface area contributed by atoms with Crippen molar-refractivity contribution in [3.63, 3.8) is 0 Å². The van der Waals surface area contributed by atoms with E-state index in [0.29, 0.717) is 17.0 Å². The van der Waals surface area contributed by atoms with E-state index in [2.05, 4.69) is 15.6 Å². The van der Waals surface area contributed by atoms with E-state index < -0.39 is 0 Å². The average Bonchev–Trinajstić information content (AvgIpc) is 3.52. The molecule has 31 heavy (non-hydrogen) atoms. The Hall–Kier alpha value is -3.71. The standard InChI is InChI=1S/C24H22N4O2S/c1-17(19-8-10-21(11-9-19)28-13-12-25-16-28)27-23(29)20-6-4-18(5-7-20)15-26-24(30)22-3-2-14-31-22/h2-14,16-17H,15H2,1H3,(H,26,30)(H,27,29). The summed E-state index contributed by atoms with van der Waals surface area (Å²) in [6.45, 7) is 2.37. The summed E-state index contributed by atoms with van der Waals surface area (Å²) in [7, 11) is 0. The van der Waals surface area contributed by atoms with Gasteiger partial charge in [-0.05, 0) is 53.8 Å². The molecule has 2 aromatic heterocycles. The lowest BCUT2D eigenvalue weighted by Gasteiger charge is -2.15. The van der Waals surface area contributed by atoms with Gasteiger partial charge in [0.05, 0.1) is 17.2 Å². The minimum absolute atomic E-state index is 0.0929. The van der Waals surface area contributed by atoms with Gasteiger partial charge >= 0.3 is 0 Å². The van der Waals surface area contributed by atoms with Gasteiger partial charge in [0.25, 0.3) is 11.8 Å². The van der Waals surface area contributed by atoms with Crippen LogP contribution in [0.4, 0.5) is 0 Å². The molecule has 2 N–H and O–H groups in total. The molecule has 4 aromatic rings. The summed E-state index contributed by atoms with van der Waals surface area (Å²) < 4.78 is 1.93. The Labute approximate surface area is 184 Å². The second-order valence-corrected chi connectivity index (χ2v) is 8.06. The summed E-state index contributed by atoms with van der Waals surface area (Å²) in [6, 6.07) is 18.8. The highest BCUT2D eigenvalue weighted by molar-refractivity contribution is 7.12. The molecule has 0 aliphatic rings. The van der Waals surface area contributed by atoms with Gasteiger partial charge in [0.15, 0.2) is 0 Å². The van der Waals surface area contributed by atoms with Crippen LogP contribution in [0.5, 0.6) is 0 Å². The van der Waals surface area contributed by atoms with Gasteiger partial charge in [-0.3, -0.25) is 9.59 Å². The summed E-state index contributed by atoms with van der Waals surface area (Å²) in [5.74, 6) is -0.231. The van der Waals surface area contributed by atoms with Crippen molar-refractivity contribution in [2.75, 3.05) is 0 Å². The molecule has 4 rings (SSSR count). The highest BCUT2D eigenvalue weighted by Crippen LogP contribution is 2.17. The molecule has 156 valence electrons. The maximum Gasteiger partial charge on any atom is 0.261 e. The zero-order chi connectivity index (χ0) is 21.6. The molecule has 0 aliphatic heterocycles. The van der Waals surface area contributed by atoms with Crippen molar-refractivity contribution < 1.29 is 9.59 Å². The Kier molecular flexibility index (Phi) is 6.24.